The number of Topliss-reactive ketones (excluding diaryl/α,β-unsaturated/α-hetero) is 1. The van der Waals surface area contributed by atoms with Crippen molar-refractivity contribution in [2.75, 3.05) is 14.2 Å². The molecule has 0 saturated heterocycles. The van der Waals surface area contributed by atoms with Gasteiger partial charge in [-0.3, -0.25) is 4.79 Å². The average Bonchev–Trinajstić information content (AvgIpc) is 2.30. The number of carbonyl (C=O) groups is 1. The lowest BCUT2D eigenvalue weighted by Gasteiger charge is -2.16. The average molecular weight is 257 g/mol. The minimum atomic E-state index is 0.0421. The molecule has 0 N–H and O–H groups in total. The van der Waals surface area contributed by atoms with Gasteiger partial charge in [-0.25, -0.2) is 0 Å². The lowest BCUT2D eigenvalue weighted by atomic mass is 10.0. The summed E-state index contributed by atoms with van der Waals surface area (Å²) >= 11 is 6.28. The summed E-state index contributed by atoms with van der Waals surface area (Å²) in [4.78, 5) is 11.3. The van der Waals surface area contributed by atoms with Gasteiger partial charge in [0.05, 0.1) is 19.2 Å². The fourth-order valence-corrected chi connectivity index (χ4v) is 2.11. The highest BCUT2D eigenvalue weighted by Gasteiger charge is 2.18. The Bertz CT molecular complexity index is 427. The van der Waals surface area contributed by atoms with E-state index in [0.29, 0.717) is 22.1 Å². The SMILES string of the molecule is CCc1cc(OC)c(OC)c(CC(C)=O)c1Cl. The van der Waals surface area contributed by atoms with E-state index in [1.807, 2.05) is 13.0 Å². The van der Waals surface area contributed by atoms with E-state index in [2.05, 4.69) is 0 Å². The molecule has 1 aromatic rings. The van der Waals surface area contributed by atoms with Crippen LogP contribution in [0.25, 0.3) is 0 Å². The third-order valence-electron chi connectivity index (χ3n) is 2.58. The largest absolute Gasteiger partial charge is 0.493 e. The van der Waals surface area contributed by atoms with E-state index in [1.54, 1.807) is 14.2 Å². The first kappa shape index (κ1) is 13.8. The molecule has 0 amide bonds. The first-order valence-corrected chi connectivity index (χ1v) is 5.84. The number of ether oxygens (including phenoxy) is 2. The van der Waals surface area contributed by atoms with Crippen molar-refractivity contribution in [3.8, 4) is 11.5 Å². The molecule has 0 fully saturated rings. The van der Waals surface area contributed by atoms with Crippen molar-refractivity contribution in [3.63, 3.8) is 0 Å². The lowest BCUT2D eigenvalue weighted by Crippen LogP contribution is -2.04. The Labute approximate surface area is 107 Å². The molecule has 1 rings (SSSR count). The smallest absolute Gasteiger partial charge is 0.165 e. The maximum Gasteiger partial charge on any atom is 0.165 e. The van der Waals surface area contributed by atoms with Gasteiger partial charge in [-0.1, -0.05) is 18.5 Å². The lowest BCUT2D eigenvalue weighted by molar-refractivity contribution is -0.116. The summed E-state index contributed by atoms with van der Waals surface area (Å²) < 4.78 is 10.5. The number of ketones is 1. The molecule has 0 saturated carbocycles. The highest BCUT2D eigenvalue weighted by atomic mass is 35.5. The molecule has 1 aromatic carbocycles. The van der Waals surface area contributed by atoms with Crippen molar-refractivity contribution in [1.29, 1.82) is 0 Å². The van der Waals surface area contributed by atoms with E-state index in [9.17, 15) is 4.79 Å². The minimum Gasteiger partial charge on any atom is -0.493 e. The summed E-state index contributed by atoms with van der Waals surface area (Å²) in [5.41, 5.74) is 1.67. The Hall–Kier alpha value is -1.22. The van der Waals surface area contributed by atoms with Crippen LogP contribution >= 0.6 is 11.6 Å². The maximum absolute atomic E-state index is 11.3. The van der Waals surface area contributed by atoms with Crippen LogP contribution in [0.15, 0.2) is 6.07 Å². The number of hydrogen-bond donors (Lipinski definition) is 0. The number of carbonyl (C=O) groups excluding carboxylic acids is 1. The Morgan fingerprint density at radius 3 is 2.41 bits per heavy atom. The van der Waals surface area contributed by atoms with Crippen LogP contribution in [0.5, 0.6) is 11.5 Å². The third kappa shape index (κ3) is 2.91. The molecule has 0 atom stereocenters. The first-order chi connectivity index (χ1) is 8.04. The topological polar surface area (TPSA) is 35.5 Å². The molecule has 0 radical (unpaired) electrons. The van der Waals surface area contributed by atoms with Gasteiger partial charge in [-0.05, 0) is 25.0 Å². The molecule has 94 valence electrons. The summed E-state index contributed by atoms with van der Waals surface area (Å²) in [6, 6.07) is 1.85. The molecular weight excluding hydrogens is 240 g/mol. The Morgan fingerprint density at radius 1 is 1.35 bits per heavy atom. The predicted octanol–water partition coefficient (Wildman–Crippen LogP) is 3.05. The van der Waals surface area contributed by atoms with E-state index in [4.69, 9.17) is 21.1 Å². The molecule has 0 bridgehead atoms. The van der Waals surface area contributed by atoms with Crippen LogP contribution in [-0.4, -0.2) is 20.0 Å². The molecule has 0 unspecified atom stereocenters. The van der Waals surface area contributed by atoms with Gasteiger partial charge < -0.3 is 9.47 Å². The van der Waals surface area contributed by atoms with E-state index >= 15 is 0 Å². The van der Waals surface area contributed by atoms with E-state index < -0.39 is 0 Å². The van der Waals surface area contributed by atoms with Crippen molar-refractivity contribution in [2.45, 2.75) is 26.7 Å². The number of rotatable bonds is 5. The van der Waals surface area contributed by atoms with Crippen LogP contribution < -0.4 is 9.47 Å². The molecule has 17 heavy (non-hydrogen) atoms. The van der Waals surface area contributed by atoms with Gasteiger partial charge in [-0.15, -0.1) is 0 Å². The van der Waals surface area contributed by atoms with Crippen molar-refractivity contribution in [3.05, 3.63) is 22.2 Å². The van der Waals surface area contributed by atoms with E-state index in [0.717, 1.165) is 12.0 Å². The highest BCUT2D eigenvalue weighted by molar-refractivity contribution is 6.32. The monoisotopic (exact) mass is 256 g/mol. The van der Waals surface area contributed by atoms with Crippen LogP contribution in [0.2, 0.25) is 5.02 Å². The number of hydrogen-bond acceptors (Lipinski definition) is 3. The fraction of sp³-hybridized carbons (Fsp3) is 0.462. The molecule has 0 heterocycles. The van der Waals surface area contributed by atoms with Gasteiger partial charge in [0, 0.05) is 12.0 Å². The Kier molecular flexibility index (Phi) is 4.82. The van der Waals surface area contributed by atoms with Gasteiger partial charge in [0.25, 0.3) is 0 Å². The summed E-state index contributed by atoms with van der Waals surface area (Å²) in [6.45, 7) is 3.53. The number of methoxy groups -OCH3 is 2. The zero-order valence-electron chi connectivity index (χ0n) is 10.6. The zero-order valence-corrected chi connectivity index (χ0v) is 11.4. The molecule has 4 heteroatoms. The molecular formula is C13H17ClO3. The molecule has 0 aliphatic rings. The standard InChI is InChI=1S/C13H17ClO3/c1-5-9-7-11(16-3)13(17-4)10(12(9)14)6-8(2)15/h7H,5-6H2,1-4H3. The number of aryl methyl sites for hydroxylation is 1. The van der Waals surface area contributed by atoms with E-state index in [-0.39, 0.29) is 12.2 Å². The Morgan fingerprint density at radius 2 is 2.00 bits per heavy atom. The third-order valence-corrected chi connectivity index (χ3v) is 3.05. The number of benzene rings is 1. The quantitative estimate of drug-likeness (QED) is 0.812. The second-order valence-corrected chi connectivity index (χ2v) is 4.17. The van der Waals surface area contributed by atoms with Crippen LogP contribution in [0.4, 0.5) is 0 Å². The van der Waals surface area contributed by atoms with Crippen molar-refractivity contribution in [2.24, 2.45) is 0 Å². The van der Waals surface area contributed by atoms with E-state index in [1.165, 1.54) is 6.92 Å². The molecule has 0 spiro atoms. The molecule has 0 aliphatic carbocycles. The predicted molar refractivity (Wildman–Crippen MR) is 68.3 cm³/mol. The van der Waals surface area contributed by atoms with Crippen LogP contribution in [-0.2, 0) is 17.6 Å². The van der Waals surface area contributed by atoms with Crippen LogP contribution in [0, 0.1) is 0 Å². The fourth-order valence-electron chi connectivity index (χ4n) is 1.77. The highest BCUT2D eigenvalue weighted by Crippen LogP contribution is 2.39. The van der Waals surface area contributed by atoms with Gasteiger partial charge >= 0.3 is 0 Å². The summed E-state index contributed by atoms with van der Waals surface area (Å²) in [5.74, 6) is 1.20. The van der Waals surface area contributed by atoms with Crippen molar-refractivity contribution >= 4 is 17.4 Å². The van der Waals surface area contributed by atoms with Gasteiger partial charge in [0.2, 0.25) is 0 Å². The normalized spacial score (nSPS) is 10.2. The van der Waals surface area contributed by atoms with Crippen molar-refractivity contribution in [1.82, 2.24) is 0 Å². The Balaban J connectivity index is 3.43. The van der Waals surface area contributed by atoms with Gasteiger partial charge in [-0.2, -0.15) is 0 Å². The second kappa shape index (κ2) is 5.92. The first-order valence-electron chi connectivity index (χ1n) is 5.46. The molecule has 3 nitrogen and oxygen atoms in total. The molecule has 0 aromatic heterocycles. The van der Waals surface area contributed by atoms with Gasteiger partial charge in [0.15, 0.2) is 11.5 Å². The summed E-state index contributed by atoms with van der Waals surface area (Å²) in [7, 11) is 3.12. The van der Waals surface area contributed by atoms with Crippen LogP contribution in [0.1, 0.15) is 25.0 Å². The zero-order chi connectivity index (χ0) is 13.0. The van der Waals surface area contributed by atoms with Crippen molar-refractivity contribution < 1.29 is 14.3 Å². The second-order valence-electron chi connectivity index (χ2n) is 3.80. The summed E-state index contributed by atoms with van der Waals surface area (Å²) in [6.07, 6.45) is 1.04. The molecule has 0 aliphatic heterocycles. The van der Waals surface area contributed by atoms with Gasteiger partial charge in [0.1, 0.15) is 5.78 Å². The number of halogens is 1. The minimum absolute atomic E-state index is 0.0421. The van der Waals surface area contributed by atoms with Crippen LogP contribution in [0.3, 0.4) is 0 Å². The maximum atomic E-state index is 11.3. The summed E-state index contributed by atoms with van der Waals surface area (Å²) in [5, 5.41) is 0.598.